The fourth-order valence-electron chi connectivity index (χ4n) is 1.47. The zero-order valence-electron chi connectivity index (χ0n) is 7.77. The third-order valence-corrected chi connectivity index (χ3v) is 2.19. The smallest absolute Gasteiger partial charge is 0.246 e. The van der Waals surface area contributed by atoms with Crippen molar-refractivity contribution in [3.8, 4) is 0 Å². The fraction of sp³-hybridized carbons (Fsp3) is 0.625. The van der Waals surface area contributed by atoms with Gasteiger partial charge in [0.1, 0.15) is 0 Å². The molecule has 0 aliphatic carbocycles. The number of aromatic nitrogens is 2. The maximum atomic E-state index is 11.3. The van der Waals surface area contributed by atoms with Crippen LogP contribution in [-0.2, 0) is 17.9 Å². The lowest BCUT2D eigenvalue weighted by atomic mass is 10.4. The minimum absolute atomic E-state index is 0.150. The quantitative estimate of drug-likeness (QED) is 0.714. The van der Waals surface area contributed by atoms with Crippen LogP contribution in [0.1, 0.15) is 24.6 Å². The number of nitrogens with two attached hydrogens (primary N) is 1. The van der Waals surface area contributed by atoms with E-state index in [2.05, 4.69) is 10.1 Å². The van der Waals surface area contributed by atoms with Gasteiger partial charge in [-0.05, 0) is 6.42 Å². The van der Waals surface area contributed by atoms with Crippen LogP contribution in [0.2, 0.25) is 0 Å². The molecule has 0 radical (unpaired) electrons. The number of carbonyl (C=O) groups is 1. The normalized spacial score (nSPS) is 16.6. The fourth-order valence-corrected chi connectivity index (χ4v) is 1.47. The number of rotatable bonds is 3. The Kier molecular flexibility index (Phi) is 2.45. The predicted octanol–water partition coefficient (Wildman–Crippen LogP) is -0.349. The first-order valence-corrected chi connectivity index (χ1v) is 4.59. The molecule has 2 rings (SSSR count). The number of likely N-dealkylation sites (tertiary alicyclic amines) is 1. The molecule has 0 spiro atoms. The second kappa shape index (κ2) is 3.75. The monoisotopic (exact) mass is 196 g/mol. The standard InChI is InChI=1S/C8H12N4O2/c9-4-6-10-7(14-11-6)5-12-3-1-2-8(12)13/h1-5,9H2. The number of hydrogen-bond donors (Lipinski definition) is 1. The Balaban J connectivity index is 1.99. The number of nitrogens with zero attached hydrogens (tertiary/aromatic N) is 3. The molecule has 2 heterocycles. The van der Waals surface area contributed by atoms with E-state index in [-0.39, 0.29) is 12.5 Å². The molecule has 1 amide bonds. The van der Waals surface area contributed by atoms with Crippen LogP contribution in [0.3, 0.4) is 0 Å². The summed E-state index contributed by atoms with van der Waals surface area (Å²) in [6.07, 6.45) is 1.54. The van der Waals surface area contributed by atoms with Crippen LogP contribution in [0.4, 0.5) is 0 Å². The third kappa shape index (κ3) is 1.74. The molecule has 0 aromatic carbocycles. The Morgan fingerprint density at radius 2 is 2.43 bits per heavy atom. The highest BCUT2D eigenvalue weighted by atomic mass is 16.5. The van der Waals surface area contributed by atoms with Crippen LogP contribution >= 0.6 is 0 Å². The molecule has 1 aromatic heterocycles. The average Bonchev–Trinajstić information content (AvgIpc) is 2.77. The van der Waals surface area contributed by atoms with Gasteiger partial charge in [0.15, 0.2) is 5.82 Å². The summed E-state index contributed by atoms with van der Waals surface area (Å²) in [5.74, 6) is 1.09. The largest absolute Gasteiger partial charge is 0.337 e. The minimum Gasteiger partial charge on any atom is -0.337 e. The first kappa shape index (κ1) is 9.14. The highest BCUT2D eigenvalue weighted by molar-refractivity contribution is 5.77. The van der Waals surface area contributed by atoms with Crippen molar-refractivity contribution < 1.29 is 9.32 Å². The van der Waals surface area contributed by atoms with Crippen LogP contribution in [0, 0.1) is 0 Å². The molecule has 6 heteroatoms. The number of hydrogen-bond acceptors (Lipinski definition) is 5. The van der Waals surface area contributed by atoms with Crippen molar-refractivity contribution in [2.24, 2.45) is 5.73 Å². The number of carbonyl (C=O) groups excluding carboxylic acids is 1. The Labute approximate surface area is 81.1 Å². The van der Waals surface area contributed by atoms with Gasteiger partial charge < -0.3 is 15.2 Å². The third-order valence-electron chi connectivity index (χ3n) is 2.19. The molecule has 0 atom stereocenters. The van der Waals surface area contributed by atoms with Gasteiger partial charge in [-0.1, -0.05) is 5.16 Å². The van der Waals surface area contributed by atoms with E-state index < -0.39 is 0 Å². The molecule has 1 saturated heterocycles. The SMILES string of the molecule is NCc1noc(CN2CCCC2=O)n1. The van der Waals surface area contributed by atoms with Crippen LogP contribution in [0.15, 0.2) is 4.52 Å². The van der Waals surface area contributed by atoms with Gasteiger partial charge in [0, 0.05) is 13.0 Å². The molecule has 1 aliphatic rings. The van der Waals surface area contributed by atoms with Crippen molar-refractivity contribution in [1.29, 1.82) is 0 Å². The Hall–Kier alpha value is -1.43. The van der Waals surface area contributed by atoms with Crippen LogP contribution in [-0.4, -0.2) is 27.5 Å². The lowest BCUT2D eigenvalue weighted by molar-refractivity contribution is -0.128. The first-order chi connectivity index (χ1) is 6.79. The van der Waals surface area contributed by atoms with E-state index in [9.17, 15) is 4.79 Å². The van der Waals surface area contributed by atoms with Gasteiger partial charge in [-0.15, -0.1) is 0 Å². The van der Waals surface area contributed by atoms with Crippen LogP contribution in [0.25, 0.3) is 0 Å². The summed E-state index contributed by atoms with van der Waals surface area (Å²) in [5.41, 5.74) is 5.33. The van der Waals surface area contributed by atoms with Crippen molar-refractivity contribution in [2.75, 3.05) is 6.54 Å². The lowest BCUT2D eigenvalue weighted by Gasteiger charge is -2.11. The summed E-state index contributed by atoms with van der Waals surface area (Å²) in [6, 6.07) is 0. The van der Waals surface area contributed by atoms with E-state index in [0.29, 0.717) is 24.7 Å². The molecule has 1 aromatic rings. The molecule has 1 fully saturated rings. The maximum absolute atomic E-state index is 11.3. The van der Waals surface area contributed by atoms with Gasteiger partial charge in [-0.25, -0.2) is 0 Å². The summed E-state index contributed by atoms with van der Waals surface area (Å²) in [7, 11) is 0. The summed E-state index contributed by atoms with van der Waals surface area (Å²) in [4.78, 5) is 17.0. The topological polar surface area (TPSA) is 85.2 Å². The zero-order chi connectivity index (χ0) is 9.97. The van der Waals surface area contributed by atoms with Gasteiger partial charge in [0.05, 0.1) is 13.1 Å². The van der Waals surface area contributed by atoms with Crippen molar-refractivity contribution >= 4 is 5.91 Å². The van der Waals surface area contributed by atoms with E-state index >= 15 is 0 Å². The maximum Gasteiger partial charge on any atom is 0.246 e. The van der Waals surface area contributed by atoms with Gasteiger partial charge in [0.2, 0.25) is 11.8 Å². The van der Waals surface area contributed by atoms with Gasteiger partial charge in [-0.2, -0.15) is 4.98 Å². The van der Waals surface area contributed by atoms with Gasteiger partial charge in [-0.3, -0.25) is 4.79 Å². The molecule has 0 unspecified atom stereocenters. The van der Waals surface area contributed by atoms with Crippen LogP contribution < -0.4 is 5.73 Å². The molecule has 14 heavy (non-hydrogen) atoms. The molecule has 0 saturated carbocycles. The minimum atomic E-state index is 0.150. The summed E-state index contributed by atoms with van der Waals surface area (Å²) in [5, 5.41) is 3.65. The second-order valence-corrected chi connectivity index (χ2v) is 3.23. The molecular weight excluding hydrogens is 184 g/mol. The van der Waals surface area contributed by atoms with Gasteiger partial charge in [0.25, 0.3) is 0 Å². The summed E-state index contributed by atoms with van der Waals surface area (Å²) >= 11 is 0. The van der Waals surface area contributed by atoms with Crippen molar-refractivity contribution in [1.82, 2.24) is 15.0 Å². The summed E-state index contributed by atoms with van der Waals surface area (Å²) in [6.45, 7) is 1.45. The Morgan fingerprint density at radius 3 is 3.00 bits per heavy atom. The molecule has 1 aliphatic heterocycles. The Bertz CT molecular complexity index is 336. The van der Waals surface area contributed by atoms with E-state index in [1.165, 1.54) is 0 Å². The zero-order valence-corrected chi connectivity index (χ0v) is 7.77. The van der Waals surface area contributed by atoms with Crippen LogP contribution in [0.5, 0.6) is 0 Å². The van der Waals surface area contributed by atoms with E-state index in [4.69, 9.17) is 10.3 Å². The highest BCUT2D eigenvalue weighted by Crippen LogP contribution is 2.12. The van der Waals surface area contributed by atoms with Crippen molar-refractivity contribution in [3.63, 3.8) is 0 Å². The molecule has 2 N–H and O–H groups in total. The Morgan fingerprint density at radius 1 is 1.57 bits per heavy atom. The first-order valence-electron chi connectivity index (χ1n) is 4.59. The van der Waals surface area contributed by atoms with E-state index in [1.807, 2.05) is 0 Å². The highest BCUT2D eigenvalue weighted by Gasteiger charge is 2.22. The molecule has 6 nitrogen and oxygen atoms in total. The van der Waals surface area contributed by atoms with E-state index in [0.717, 1.165) is 13.0 Å². The van der Waals surface area contributed by atoms with Gasteiger partial charge >= 0.3 is 0 Å². The summed E-state index contributed by atoms with van der Waals surface area (Å²) < 4.78 is 4.93. The lowest BCUT2D eigenvalue weighted by Crippen LogP contribution is -2.24. The molecular formula is C8H12N4O2. The van der Waals surface area contributed by atoms with E-state index in [1.54, 1.807) is 4.90 Å². The van der Waals surface area contributed by atoms with Crippen molar-refractivity contribution in [2.45, 2.75) is 25.9 Å². The molecule has 76 valence electrons. The van der Waals surface area contributed by atoms with Crippen molar-refractivity contribution in [3.05, 3.63) is 11.7 Å². The predicted molar refractivity (Wildman–Crippen MR) is 46.8 cm³/mol. The average molecular weight is 196 g/mol. The second-order valence-electron chi connectivity index (χ2n) is 3.23. The molecule has 0 bridgehead atoms. The number of amides is 1.